The largest absolute Gasteiger partial charge is 0.496 e. The summed E-state index contributed by atoms with van der Waals surface area (Å²) in [5, 5.41) is 1.00. The van der Waals surface area contributed by atoms with Crippen LogP contribution in [0.25, 0.3) is 33.3 Å². The van der Waals surface area contributed by atoms with Crippen LogP contribution < -0.4 is 4.74 Å². The number of amides is 1. The van der Waals surface area contributed by atoms with Crippen LogP contribution in [0.15, 0.2) is 65.9 Å². The van der Waals surface area contributed by atoms with Crippen LogP contribution in [-0.2, 0) is 0 Å². The normalized spacial score (nSPS) is 10.9. The summed E-state index contributed by atoms with van der Waals surface area (Å²) in [6.45, 7) is 3.60. The molecule has 0 N–H and O–H groups in total. The summed E-state index contributed by atoms with van der Waals surface area (Å²) in [7, 11) is 6.67. The molecule has 162 valence electrons. The van der Waals surface area contributed by atoms with E-state index >= 15 is 0 Å². The number of hydrogen-bond donors (Lipinski definition) is 0. The molecule has 8 heteroatoms. The number of hydrogen-bond acceptors (Lipinski definition) is 5. The van der Waals surface area contributed by atoms with Crippen LogP contribution in [0, 0.1) is 0 Å². The van der Waals surface area contributed by atoms with Crippen molar-refractivity contribution >= 4 is 59.7 Å². The molecule has 0 spiro atoms. The summed E-state index contributed by atoms with van der Waals surface area (Å²) in [6.07, 6.45) is 3.90. The number of methoxy groups -OCH3 is 1. The summed E-state index contributed by atoms with van der Waals surface area (Å²) in [5.41, 5.74) is 5.76. The minimum atomic E-state index is -0.120. The molecule has 0 aliphatic carbocycles. The standard InChI is InChI=1S/C24H21IN4O2S/c1-26-21-10-9-15(11-19(21)24(30)28(2)3)16-12-18-20(14-29(32-25)23(18)27-13-16)17-7-5-6-8-22(17)31-4/h5-14H,1H2,2-4H3. The third-order valence-electron chi connectivity index (χ3n) is 5.22. The maximum atomic E-state index is 12.7. The maximum Gasteiger partial charge on any atom is 0.255 e. The molecule has 6 nitrogen and oxygen atoms in total. The lowest BCUT2D eigenvalue weighted by molar-refractivity contribution is 0.0828. The molecule has 2 aromatic heterocycles. The highest BCUT2D eigenvalue weighted by Gasteiger charge is 2.18. The van der Waals surface area contributed by atoms with Gasteiger partial charge in [0.2, 0.25) is 0 Å². The smallest absolute Gasteiger partial charge is 0.255 e. The minimum absolute atomic E-state index is 0.120. The fourth-order valence-electron chi connectivity index (χ4n) is 3.64. The lowest BCUT2D eigenvalue weighted by atomic mass is 9.99. The van der Waals surface area contributed by atoms with E-state index in [1.165, 1.54) is 4.90 Å². The molecule has 4 aromatic rings. The highest BCUT2D eigenvalue weighted by molar-refractivity contribution is 14.2. The Kier molecular flexibility index (Phi) is 6.52. The van der Waals surface area contributed by atoms with Crippen molar-refractivity contribution in [3.8, 4) is 28.0 Å². The van der Waals surface area contributed by atoms with Gasteiger partial charge in [-0.15, -0.1) is 0 Å². The first-order valence-corrected chi connectivity index (χ1v) is 13.1. The first kappa shape index (κ1) is 22.3. The van der Waals surface area contributed by atoms with Gasteiger partial charge in [-0.3, -0.25) is 13.8 Å². The van der Waals surface area contributed by atoms with Crippen LogP contribution in [0.4, 0.5) is 5.69 Å². The van der Waals surface area contributed by atoms with Crippen molar-refractivity contribution in [2.75, 3.05) is 21.2 Å². The Balaban J connectivity index is 1.92. The van der Waals surface area contributed by atoms with E-state index in [-0.39, 0.29) is 5.91 Å². The fraction of sp³-hybridized carbons (Fsp3) is 0.125. The average Bonchev–Trinajstić information content (AvgIpc) is 3.20. The molecule has 4 rings (SSSR count). The lowest BCUT2D eigenvalue weighted by Crippen LogP contribution is -2.21. The van der Waals surface area contributed by atoms with Gasteiger partial charge in [0.15, 0.2) is 5.65 Å². The summed E-state index contributed by atoms with van der Waals surface area (Å²) < 4.78 is 7.63. The molecule has 0 radical (unpaired) electrons. The summed E-state index contributed by atoms with van der Waals surface area (Å²) in [6, 6.07) is 15.7. The monoisotopic (exact) mass is 556 g/mol. The Morgan fingerprint density at radius 1 is 1.16 bits per heavy atom. The molecule has 0 aliphatic rings. The molecular weight excluding hydrogens is 535 g/mol. The predicted octanol–water partition coefficient (Wildman–Crippen LogP) is 6.26. The first-order chi connectivity index (χ1) is 15.5. The molecule has 0 saturated carbocycles. The zero-order valence-corrected chi connectivity index (χ0v) is 20.8. The second-order valence-electron chi connectivity index (χ2n) is 7.32. The number of rotatable bonds is 6. The number of para-hydroxylation sites is 1. The van der Waals surface area contributed by atoms with Crippen LogP contribution in [0.3, 0.4) is 0 Å². The van der Waals surface area contributed by atoms with E-state index in [1.54, 1.807) is 30.3 Å². The van der Waals surface area contributed by atoms with Gasteiger partial charge in [0.05, 0.1) is 18.4 Å². The van der Waals surface area contributed by atoms with Crippen LogP contribution in [-0.4, -0.2) is 47.7 Å². The highest BCUT2D eigenvalue weighted by atomic mass is 127. The van der Waals surface area contributed by atoms with E-state index in [4.69, 9.17) is 9.72 Å². The fourth-order valence-corrected chi connectivity index (χ4v) is 4.89. The Morgan fingerprint density at radius 2 is 1.94 bits per heavy atom. The molecule has 32 heavy (non-hydrogen) atoms. The number of aromatic nitrogens is 2. The van der Waals surface area contributed by atoms with Gasteiger partial charge >= 0.3 is 0 Å². The van der Waals surface area contributed by atoms with Crippen molar-refractivity contribution in [3.05, 3.63) is 66.5 Å². The van der Waals surface area contributed by atoms with E-state index in [1.807, 2.05) is 52.6 Å². The number of ether oxygens (including phenoxy) is 1. The SMILES string of the molecule is C=Nc1ccc(-c2cnc3c(c2)c(-c2ccccc2OC)cn3SI)cc1C(=O)N(C)C. The van der Waals surface area contributed by atoms with Gasteiger partial charge in [-0.25, -0.2) is 4.98 Å². The van der Waals surface area contributed by atoms with E-state index in [0.29, 0.717) is 11.3 Å². The maximum absolute atomic E-state index is 12.7. The molecular formula is C24H21IN4O2S. The van der Waals surface area contributed by atoms with Gasteiger partial charge in [-0.2, -0.15) is 0 Å². The zero-order chi connectivity index (χ0) is 22.8. The summed E-state index contributed by atoms with van der Waals surface area (Å²) >= 11 is 2.25. The number of aliphatic imine (C=N–C) groups is 1. The number of fused-ring (bicyclic) bond motifs is 1. The van der Waals surface area contributed by atoms with Crippen LogP contribution >= 0.6 is 30.3 Å². The Morgan fingerprint density at radius 3 is 2.62 bits per heavy atom. The Bertz CT molecular complexity index is 1330. The predicted molar refractivity (Wildman–Crippen MR) is 141 cm³/mol. The molecule has 0 bridgehead atoms. The molecule has 0 aliphatic heterocycles. The third-order valence-corrected chi connectivity index (χ3v) is 6.92. The van der Waals surface area contributed by atoms with E-state index in [0.717, 1.165) is 39.0 Å². The topological polar surface area (TPSA) is 59.7 Å². The van der Waals surface area contributed by atoms with Crippen molar-refractivity contribution in [1.82, 2.24) is 13.9 Å². The number of pyridine rings is 1. The van der Waals surface area contributed by atoms with E-state index < -0.39 is 0 Å². The van der Waals surface area contributed by atoms with Gasteiger partial charge < -0.3 is 9.64 Å². The van der Waals surface area contributed by atoms with Gasteiger partial charge in [0, 0.05) is 78.9 Å². The molecule has 0 saturated heterocycles. The van der Waals surface area contributed by atoms with Gasteiger partial charge in [0.1, 0.15) is 5.75 Å². The highest BCUT2D eigenvalue weighted by Crippen LogP contribution is 2.39. The molecule has 0 unspecified atom stereocenters. The Hall–Kier alpha value is -2.85. The molecule has 0 fully saturated rings. The number of carbonyl (C=O) groups is 1. The van der Waals surface area contributed by atoms with Crippen molar-refractivity contribution in [3.63, 3.8) is 0 Å². The molecule has 0 atom stereocenters. The zero-order valence-electron chi connectivity index (χ0n) is 17.9. The molecule has 1 amide bonds. The number of nitrogens with zero attached hydrogens (tertiary/aromatic N) is 4. The second-order valence-corrected chi connectivity index (χ2v) is 9.04. The van der Waals surface area contributed by atoms with Crippen molar-refractivity contribution in [2.45, 2.75) is 0 Å². The number of benzene rings is 2. The number of halogens is 1. The van der Waals surface area contributed by atoms with E-state index in [2.05, 4.69) is 45.2 Å². The van der Waals surface area contributed by atoms with Crippen molar-refractivity contribution in [2.24, 2.45) is 4.99 Å². The first-order valence-electron chi connectivity index (χ1n) is 9.74. The summed E-state index contributed by atoms with van der Waals surface area (Å²) in [5.74, 6) is 0.682. The van der Waals surface area contributed by atoms with Crippen LogP contribution in [0.2, 0.25) is 0 Å². The quantitative estimate of drug-likeness (QED) is 0.208. The van der Waals surface area contributed by atoms with Gasteiger partial charge in [-0.1, -0.05) is 24.3 Å². The van der Waals surface area contributed by atoms with Crippen LogP contribution in [0.1, 0.15) is 10.4 Å². The van der Waals surface area contributed by atoms with E-state index in [9.17, 15) is 4.79 Å². The molecule has 2 heterocycles. The van der Waals surface area contributed by atoms with Crippen LogP contribution in [0.5, 0.6) is 5.75 Å². The molecule has 2 aromatic carbocycles. The lowest BCUT2D eigenvalue weighted by Gasteiger charge is -2.13. The minimum Gasteiger partial charge on any atom is -0.496 e. The second kappa shape index (κ2) is 9.33. The van der Waals surface area contributed by atoms with Gasteiger partial charge in [0.25, 0.3) is 5.91 Å². The van der Waals surface area contributed by atoms with Gasteiger partial charge in [-0.05, 0) is 36.5 Å². The Labute approximate surface area is 203 Å². The third kappa shape index (κ3) is 4.00. The number of carbonyl (C=O) groups excluding carboxylic acids is 1. The summed E-state index contributed by atoms with van der Waals surface area (Å²) in [4.78, 5) is 23.0. The van der Waals surface area contributed by atoms with Crippen molar-refractivity contribution in [1.29, 1.82) is 0 Å². The average molecular weight is 556 g/mol. The van der Waals surface area contributed by atoms with Crippen molar-refractivity contribution < 1.29 is 9.53 Å².